The van der Waals surface area contributed by atoms with Crippen LogP contribution in [0.15, 0.2) is 36.4 Å². The molecule has 1 N–H and O–H groups in total. The van der Waals surface area contributed by atoms with E-state index in [9.17, 15) is 13.2 Å². The van der Waals surface area contributed by atoms with E-state index in [0.717, 1.165) is 10.8 Å². The Morgan fingerprint density at radius 3 is 2.32 bits per heavy atom. The topological polar surface area (TPSA) is 24.5 Å². The molecule has 0 aromatic heterocycles. The monoisotopic (exact) mass is 374 g/mol. The van der Waals surface area contributed by atoms with Crippen LogP contribution in [0.1, 0.15) is 18.0 Å². The largest absolute Gasteiger partial charge is 0.496 e. The Morgan fingerprint density at radius 2 is 1.72 bits per heavy atom. The van der Waals surface area contributed by atoms with E-state index in [0.29, 0.717) is 37.5 Å². The maximum Gasteiger partial charge on any atom is 0.390 e. The summed E-state index contributed by atoms with van der Waals surface area (Å²) in [6.07, 6.45) is -5.06. The molecule has 3 rings (SSSR count). The SMILES string of the molecule is COc1ccc([C@H](CC(F)(F)F)N2CCNCC2)c2ccccc12.Cl. The number of hydrogen-bond donors (Lipinski definition) is 1. The Balaban J connectivity index is 0.00000225. The number of piperazine rings is 1. The van der Waals surface area contributed by atoms with Crippen molar-refractivity contribution in [1.29, 1.82) is 0 Å². The molecule has 25 heavy (non-hydrogen) atoms. The Labute approximate surface area is 151 Å². The van der Waals surface area contributed by atoms with Crippen LogP contribution < -0.4 is 10.1 Å². The first-order valence-electron chi connectivity index (χ1n) is 8.07. The van der Waals surface area contributed by atoms with Crippen LogP contribution in [-0.2, 0) is 0 Å². The first-order chi connectivity index (χ1) is 11.5. The summed E-state index contributed by atoms with van der Waals surface area (Å²) in [5, 5.41) is 4.87. The number of hydrogen-bond acceptors (Lipinski definition) is 3. The highest BCUT2D eigenvalue weighted by Gasteiger charge is 2.36. The number of alkyl halides is 3. The molecular formula is C18H22ClF3N2O. The van der Waals surface area contributed by atoms with Crippen molar-refractivity contribution in [3.05, 3.63) is 42.0 Å². The summed E-state index contributed by atoms with van der Waals surface area (Å²) in [5.41, 5.74) is 0.714. The number of ether oxygens (including phenoxy) is 1. The van der Waals surface area contributed by atoms with E-state index in [1.54, 1.807) is 19.2 Å². The van der Waals surface area contributed by atoms with Gasteiger partial charge >= 0.3 is 6.18 Å². The molecule has 1 heterocycles. The lowest BCUT2D eigenvalue weighted by molar-refractivity contribution is -0.148. The normalized spacial score (nSPS) is 17.1. The van der Waals surface area contributed by atoms with Crippen molar-refractivity contribution in [3.8, 4) is 5.75 Å². The van der Waals surface area contributed by atoms with Crippen LogP contribution in [0.2, 0.25) is 0 Å². The summed E-state index contributed by atoms with van der Waals surface area (Å²) in [7, 11) is 1.57. The van der Waals surface area contributed by atoms with Crippen molar-refractivity contribution in [2.45, 2.75) is 18.6 Å². The number of nitrogens with one attached hydrogen (secondary N) is 1. The number of nitrogens with zero attached hydrogens (tertiary/aromatic N) is 1. The van der Waals surface area contributed by atoms with Crippen molar-refractivity contribution in [2.75, 3.05) is 33.3 Å². The smallest absolute Gasteiger partial charge is 0.390 e. The van der Waals surface area contributed by atoms with E-state index in [-0.39, 0.29) is 12.4 Å². The molecule has 1 fully saturated rings. The van der Waals surface area contributed by atoms with Gasteiger partial charge in [-0.25, -0.2) is 0 Å². The third-order valence-corrected chi connectivity index (χ3v) is 4.51. The molecule has 0 aliphatic carbocycles. The second-order valence-corrected chi connectivity index (χ2v) is 6.02. The third-order valence-electron chi connectivity index (χ3n) is 4.51. The number of fused-ring (bicyclic) bond motifs is 1. The minimum atomic E-state index is -4.21. The number of methoxy groups -OCH3 is 1. The fraction of sp³-hybridized carbons (Fsp3) is 0.444. The van der Waals surface area contributed by atoms with Gasteiger partial charge in [-0.1, -0.05) is 30.3 Å². The van der Waals surface area contributed by atoms with Crippen LogP contribution >= 0.6 is 12.4 Å². The zero-order valence-corrected chi connectivity index (χ0v) is 14.8. The predicted molar refractivity (Wildman–Crippen MR) is 95.6 cm³/mol. The molecule has 0 saturated carbocycles. The minimum Gasteiger partial charge on any atom is -0.496 e. The average molecular weight is 375 g/mol. The van der Waals surface area contributed by atoms with E-state index >= 15 is 0 Å². The van der Waals surface area contributed by atoms with Gasteiger partial charge in [0.25, 0.3) is 0 Å². The fourth-order valence-corrected chi connectivity index (χ4v) is 3.41. The number of rotatable bonds is 4. The lowest BCUT2D eigenvalue weighted by Crippen LogP contribution is -2.46. The lowest BCUT2D eigenvalue weighted by Gasteiger charge is -2.36. The Hall–Kier alpha value is -1.50. The van der Waals surface area contributed by atoms with E-state index in [2.05, 4.69) is 5.32 Å². The third kappa shape index (κ3) is 4.57. The van der Waals surface area contributed by atoms with E-state index in [1.807, 2.05) is 29.2 Å². The molecule has 3 nitrogen and oxygen atoms in total. The summed E-state index contributed by atoms with van der Waals surface area (Å²) in [6.45, 7) is 2.65. The molecule has 1 aliphatic heterocycles. The molecule has 1 atom stereocenters. The summed E-state index contributed by atoms with van der Waals surface area (Å²) < 4.78 is 45.0. The van der Waals surface area contributed by atoms with E-state index in [1.165, 1.54) is 0 Å². The second-order valence-electron chi connectivity index (χ2n) is 6.02. The number of halogens is 4. The van der Waals surface area contributed by atoms with Crippen LogP contribution in [-0.4, -0.2) is 44.4 Å². The van der Waals surface area contributed by atoms with Gasteiger partial charge in [-0.3, -0.25) is 4.90 Å². The van der Waals surface area contributed by atoms with Gasteiger partial charge in [0.1, 0.15) is 5.75 Å². The van der Waals surface area contributed by atoms with Crippen LogP contribution in [0, 0.1) is 0 Å². The molecule has 138 valence electrons. The maximum absolute atomic E-state index is 13.2. The highest BCUT2D eigenvalue weighted by atomic mass is 35.5. The Kier molecular flexibility index (Phi) is 6.54. The maximum atomic E-state index is 13.2. The fourth-order valence-electron chi connectivity index (χ4n) is 3.41. The van der Waals surface area contributed by atoms with Crippen molar-refractivity contribution in [3.63, 3.8) is 0 Å². The zero-order chi connectivity index (χ0) is 17.2. The summed E-state index contributed by atoms with van der Waals surface area (Å²) >= 11 is 0. The highest BCUT2D eigenvalue weighted by molar-refractivity contribution is 5.91. The van der Waals surface area contributed by atoms with Crippen molar-refractivity contribution in [1.82, 2.24) is 10.2 Å². The predicted octanol–water partition coefficient (Wildman–Crippen LogP) is 4.17. The van der Waals surface area contributed by atoms with E-state index in [4.69, 9.17) is 4.74 Å². The molecule has 2 aromatic carbocycles. The average Bonchev–Trinajstić information content (AvgIpc) is 2.59. The molecule has 0 radical (unpaired) electrons. The molecular weight excluding hydrogens is 353 g/mol. The standard InChI is InChI=1S/C18H21F3N2O.ClH/c1-24-17-7-6-14(13-4-2-3-5-15(13)17)16(12-18(19,20)21)23-10-8-22-9-11-23;/h2-7,16,22H,8-12H2,1H3;1H/t16-;/m0./s1. The van der Waals surface area contributed by atoms with Gasteiger partial charge in [-0.05, 0) is 17.0 Å². The molecule has 7 heteroatoms. The molecule has 0 bridgehead atoms. The summed E-state index contributed by atoms with van der Waals surface area (Å²) in [5.74, 6) is 0.681. The first kappa shape index (κ1) is 19.8. The second kappa shape index (κ2) is 8.25. The van der Waals surface area contributed by atoms with Gasteiger partial charge in [0.05, 0.1) is 13.5 Å². The van der Waals surface area contributed by atoms with Crippen molar-refractivity contribution < 1.29 is 17.9 Å². The molecule has 0 amide bonds. The van der Waals surface area contributed by atoms with Crippen molar-refractivity contribution in [2.24, 2.45) is 0 Å². The van der Waals surface area contributed by atoms with E-state index < -0.39 is 18.6 Å². The van der Waals surface area contributed by atoms with Gasteiger partial charge in [0, 0.05) is 37.6 Å². The lowest BCUT2D eigenvalue weighted by atomic mass is 9.94. The summed E-state index contributed by atoms with van der Waals surface area (Å²) in [4.78, 5) is 1.93. The Morgan fingerprint density at radius 1 is 1.08 bits per heavy atom. The van der Waals surface area contributed by atoms with Gasteiger partial charge in [0.2, 0.25) is 0 Å². The zero-order valence-electron chi connectivity index (χ0n) is 14.0. The molecule has 0 unspecified atom stereocenters. The van der Waals surface area contributed by atoms with Crippen LogP contribution in [0.5, 0.6) is 5.75 Å². The highest BCUT2D eigenvalue weighted by Crippen LogP contribution is 2.39. The molecule has 2 aromatic rings. The van der Waals surface area contributed by atoms with Crippen molar-refractivity contribution >= 4 is 23.2 Å². The molecule has 1 aliphatic rings. The van der Waals surface area contributed by atoms with Gasteiger partial charge < -0.3 is 10.1 Å². The minimum absolute atomic E-state index is 0. The quantitative estimate of drug-likeness (QED) is 0.869. The first-order valence-corrected chi connectivity index (χ1v) is 8.07. The van der Waals surface area contributed by atoms with Gasteiger partial charge in [0.15, 0.2) is 0 Å². The van der Waals surface area contributed by atoms with Gasteiger partial charge in [-0.15, -0.1) is 12.4 Å². The molecule has 1 saturated heterocycles. The van der Waals surface area contributed by atoms with Crippen LogP contribution in [0.3, 0.4) is 0 Å². The number of benzene rings is 2. The van der Waals surface area contributed by atoms with Crippen LogP contribution in [0.25, 0.3) is 10.8 Å². The Bertz CT molecular complexity index is 702. The van der Waals surface area contributed by atoms with Gasteiger partial charge in [-0.2, -0.15) is 13.2 Å². The van der Waals surface area contributed by atoms with Crippen LogP contribution in [0.4, 0.5) is 13.2 Å². The molecule has 0 spiro atoms. The summed E-state index contributed by atoms with van der Waals surface area (Å²) in [6, 6.07) is 10.4.